The molecule has 2 fully saturated rings. The van der Waals surface area contributed by atoms with Crippen molar-refractivity contribution >= 4 is 29.1 Å². The Balaban J connectivity index is 1.59. The third kappa shape index (κ3) is 3.43. The van der Waals surface area contributed by atoms with Crippen molar-refractivity contribution < 1.29 is 4.79 Å². The summed E-state index contributed by atoms with van der Waals surface area (Å²) in [4.78, 5) is 12.1. The molecule has 4 heteroatoms. The number of amides is 1. The van der Waals surface area contributed by atoms with Gasteiger partial charge in [0.15, 0.2) is 0 Å². The molecule has 19 heavy (non-hydrogen) atoms. The molecule has 0 spiro atoms. The third-order valence-corrected chi connectivity index (χ3v) is 4.68. The Bertz CT molecular complexity index is 483. The van der Waals surface area contributed by atoms with E-state index in [1.54, 1.807) is 12.1 Å². The van der Waals surface area contributed by atoms with E-state index < -0.39 is 0 Å². The lowest BCUT2D eigenvalue weighted by Crippen LogP contribution is -2.38. The van der Waals surface area contributed by atoms with Crippen LogP contribution in [-0.4, -0.2) is 11.9 Å². The highest BCUT2D eigenvalue weighted by atomic mass is 35.5. The number of benzene rings is 1. The van der Waals surface area contributed by atoms with E-state index in [1.807, 2.05) is 6.07 Å². The number of carbonyl (C=O) groups is 1. The maximum Gasteiger partial charge on any atom is 0.224 e. The largest absolute Gasteiger partial charge is 0.353 e. The van der Waals surface area contributed by atoms with E-state index in [1.165, 1.54) is 25.7 Å². The first kappa shape index (κ1) is 13.3. The fourth-order valence-electron chi connectivity index (χ4n) is 2.60. The van der Waals surface area contributed by atoms with Crippen molar-refractivity contribution in [2.24, 2.45) is 11.8 Å². The summed E-state index contributed by atoms with van der Waals surface area (Å²) >= 11 is 11.8. The first-order chi connectivity index (χ1) is 9.13. The lowest BCUT2D eigenvalue weighted by atomic mass is 10.1. The second-order valence-corrected chi connectivity index (χ2v) is 6.51. The van der Waals surface area contributed by atoms with Gasteiger partial charge in [-0.15, -0.1) is 0 Å². The van der Waals surface area contributed by atoms with Crippen molar-refractivity contribution in [3.8, 4) is 0 Å². The molecule has 0 saturated heterocycles. The average molecular weight is 298 g/mol. The quantitative estimate of drug-likeness (QED) is 0.879. The van der Waals surface area contributed by atoms with Crippen LogP contribution >= 0.6 is 23.2 Å². The Morgan fingerprint density at radius 3 is 2.32 bits per heavy atom. The zero-order valence-electron chi connectivity index (χ0n) is 10.7. The number of carbonyl (C=O) groups excluding carboxylic acids is 1. The molecule has 2 saturated carbocycles. The number of halogens is 2. The molecule has 2 aliphatic carbocycles. The summed E-state index contributed by atoms with van der Waals surface area (Å²) in [5.41, 5.74) is 0.914. The van der Waals surface area contributed by atoms with Gasteiger partial charge in [-0.1, -0.05) is 29.3 Å². The summed E-state index contributed by atoms with van der Waals surface area (Å²) in [6.07, 6.45) is 5.47. The van der Waals surface area contributed by atoms with Crippen molar-refractivity contribution in [1.82, 2.24) is 5.32 Å². The molecule has 2 nitrogen and oxygen atoms in total. The Kier molecular flexibility index (Phi) is 3.72. The van der Waals surface area contributed by atoms with Gasteiger partial charge in [0.1, 0.15) is 0 Å². The molecule has 1 N–H and O–H groups in total. The van der Waals surface area contributed by atoms with E-state index >= 15 is 0 Å². The first-order valence-electron chi connectivity index (χ1n) is 6.87. The van der Waals surface area contributed by atoms with Crippen molar-refractivity contribution in [1.29, 1.82) is 0 Å². The second-order valence-electron chi connectivity index (χ2n) is 5.69. The Morgan fingerprint density at radius 1 is 1.16 bits per heavy atom. The minimum absolute atomic E-state index is 0.0992. The van der Waals surface area contributed by atoms with E-state index in [0.29, 0.717) is 22.5 Å². The Morgan fingerprint density at radius 2 is 1.79 bits per heavy atom. The van der Waals surface area contributed by atoms with Gasteiger partial charge in [-0.3, -0.25) is 4.79 Å². The number of rotatable bonds is 5. The molecule has 0 bridgehead atoms. The maximum atomic E-state index is 12.1. The van der Waals surface area contributed by atoms with Gasteiger partial charge in [0.25, 0.3) is 0 Å². The molecule has 2 aliphatic rings. The zero-order valence-corrected chi connectivity index (χ0v) is 12.2. The number of hydrogen-bond acceptors (Lipinski definition) is 1. The molecule has 0 aromatic heterocycles. The van der Waals surface area contributed by atoms with Gasteiger partial charge in [-0.05, 0) is 55.2 Å². The summed E-state index contributed by atoms with van der Waals surface area (Å²) in [6, 6.07) is 5.78. The predicted octanol–water partition coefficient (Wildman–Crippen LogP) is 3.84. The smallest absolute Gasteiger partial charge is 0.224 e. The SMILES string of the molecule is O=C(Cc1ccc(Cl)c(Cl)c1)NC(C1CC1)C1CC1. The van der Waals surface area contributed by atoms with Crippen molar-refractivity contribution in [3.63, 3.8) is 0 Å². The molecular formula is C15H17Cl2NO. The van der Waals surface area contributed by atoms with Crippen LogP contribution in [0.4, 0.5) is 0 Å². The highest BCUT2D eigenvalue weighted by Crippen LogP contribution is 2.44. The van der Waals surface area contributed by atoms with Crippen molar-refractivity contribution in [3.05, 3.63) is 33.8 Å². The first-order valence-corrected chi connectivity index (χ1v) is 7.62. The molecule has 0 atom stereocenters. The van der Waals surface area contributed by atoms with Crippen LogP contribution in [0.15, 0.2) is 18.2 Å². The lowest BCUT2D eigenvalue weighted by Gasteiger charge is -2.17. The molecule has 1 aromatic rings. The highest BCUT2D eigenvalue weighted by Gasteiger charge is 2.42. The van der Waals surface area contributed by atoms with Gasteiger partial charge in [0.05, 0.1) is 16.5 Å². The third-order valence-electron chi connectivity index (χ3n) is 3.94. The number of hydrogen-bond donors (Lipinski definition) is 1. The Labute approximate surface area is 123 Å². The van der Waals surface area contributed by atoms with Gasteiger partial charge >= 0.3 is 0 Å². The van der Waals surface area contributed by atoms with Crippen LogP contribution in [0, 0.1) is 11.8 Å². The summed E-state index contributed by atoms with van der Waals surface area (Å²) in [5, 5.41) is 4.24. The minimum atomic E-state index is 0.0992. The second kappa shape index (κ2) is 5.34. The fourth-order valence-corrected chi connectivity index (χ4v) is 2.92. The van der Waals surface area contributed by atoms with Gasteiger partial charge in [0.2, 0.25) is 5.91 Å². The monoisotopic (exact) mass is 297 g/mol. The van der Waals surface area contributed by atoms with E-state index in [4.69, 9.17) is 23.2 Å². The van der Waals surface area contributed by atoms with Gasteiger partial charge in [-0.2, -0.15) is 0 Å². The summed E-state index contributed by atoms with van der Waals surface area (Å²) < 4.78 is 0. The standard InChI is InChI=1S/C15H17Cl2NO/c16-12-6-1-9(7-13(12)17)8-14(19)18-15(10-2-3-10)11-4-5-11/h1,6-7,10-11,15H,2-5,8H2,(H,18,19). The summed E-state index contributed by atoms with van der Waals surface area (Å²) in [7, 11) is 0. The Hall–Kier alpha value is -0.730. The molecule has 102 valence electrons. The topological polar surface area (TPSA) is 29.1 Å². The van der Waals surface area contributed by atoms with Gasteiger partial charge in [0, 0.05) is 6.04 Å². The molecule has 1 aromatic carbocycles. The lowest BCUT2D eigenvalue weighted by molar-refractivity contribution is -0.121. The van der Waals surface area contributed by atoms with Crippen LogP contribution < -0.4 is 5.32 Å². The maximum absolute atomic E-state index is 12.1. The summed E-state index contributed by atoms with van der Waals surface area (Å²) in [6.45, 7) is 0. The van der Waals surface area contributed by atoms with E-state index in [2.05, 4.69) is 5.32 Å². The van der Waals surface area contributed by atoms with E-state index in [0.717, 1.165) is 17.4 Å². The molecule has 1 amide bonds. The molecular weight excluding hydrogens is 281 g/mol. The minimum Gasteiger partial charge on any atom is -0.353 e. The van der Waals surface area contributed by atoms with Crippen LogP contribution in [0.1, 0.15) is 31.2 Å². The van der Waals surface area contributed by atoms with E-state index in [9.17, 15) is 4.79 Å². The van der Waals surface area contributed by atoms with Crippen LogP contribution in [0.25, 0.3) is 0 Å². The zero-order chi connectivity index (χ0) is 13.4. The van der Waals surface area contributed by atoms with Crippen molar-refractivity contribution in [2.45, 2.75) is 38.1 Å². The van der Waals surface area contributed by atoms with Crippen molar-refractivity contribution in [2.75, 3.05) is 0 Å². The molecule has 3 rings (SSSR count). The summed E-state index contributed by atoms with van der Waals surface area (Å²) in [5.74, 6) is 1.55. The molecule has 0 aliphatic heterocycles. The normalized spacial score (nSPS) is 18.7. The van der Waals surface area contributed by atoms with E-state index in [-0.39, 0.29) is 5.91 Å². The molecule has 0 radical (unpaired) electrons. The van der Waals surface area contributed by atoms with Crippen LogP contribution in [-0.2, 0) is 11.2 Å². The fraction of sp³-hybridized carbons (Fsp3) is 0.533. The molecule has 0 unspecified atom stereocenters. The highest BCUT2D eigenvalue weighted by molar-refractivity contribution is 6.42. The average Bonchev–Trinajstić information content (AvgIpc) is 3.25. The van der Waals surface area contributed by atoms with Gasteiger partial charge in [-0.25, -0.2) is 0 Å². The van der Waals surface area contributed by atoms with Crippen LogP contribution in [0.3, 0.4) is 0 Å². The van der Waals surface area contributed by atoms with Crippen LogP contribution in [0.2, 0.25) is 10.0 Å². The molecule has 0 heterocycles. The van der Waals surface area contributed by atoms with Gasteiger partial charge < -0.3 is 5.32 Å². The predicted molar refractivity (Wildman–Crippen MR) is 77.5 cm³/mol. The number of nitrogens with one attached hydrogen (secondary N) is 1. The van der Waals surface area contributed by atoms with Crippen LogP contribution in [0.5, 0.6) is 0 Å².